The summed E-state index contributed by atoms with van der Waals surface area (Å²) in [7, 11) is -25.2. The largest absolute Gasteiger partial charge is 1.00 e. The van der Waals surface area contributed by atoms with Gasteiger partial charge in [0.05, 0.1) is 0 Å². The molecule has 0 spiro atoms. The van der Waals surface area contributed by atoms with Gasteiger partial charge in [-0.25, -0.2) is 0 Å². The van der Waals surface area contributed by atoms with Gasteiger partial charge in [0.1, 0.15) is 0 Å². The molecule has 0 aliphatic heterocycles. The zero-order valence-electron chi connectivity index (χ0n) is 31.7. The molecule has 0 aromatic carbocycles. The standard InChI is InChI=1S/C17H44N3O15P5.10K/c21-36(22,23)13-18(9-5-1-3-7-11-19(14-37(24,25)26)15-38(27,28)29)10-6-2-4-8-12-20(16-39(30,31)32)17-40(33,34)35;;;;;;;;;;/h1-17H2,(H2,21,22,23)(H2,24,25,26)(H2,27,28,29)(H2,30,31,32)(H2,33,34,35);;;;;;;;;;/q;10*+1/p-10. The van der Waals surface area contributed by atoms with Crippen LogP contribution in [-0.2, 0) is 22.8 Å². The van der Waals surface area contributed by atoms with Crippen molar-refractivity contribution in [1.82, 2.24) is 14.7 Å². The van der Waals surface area contributed by atoms with Gasteiger partial charge in [-0.3, -0.25) is 14.7 Å². The van der Waals surface area contributed by atoms with E-state index >= 15 is 0 Å². The van der Waals surface area contributed by atoms with Crippen LogP contribution in [0.1, 0.15) is 51.4 Å². The summed E-state index contributed by atoms with van der Waals surface area (Å²) in [4.78, 5) is 113. The van der Waals surface area contributed by atoms with Gasteiger partial charge in [0, 0.05) is 31.4 Å². The van der Waals surface area contributed by atoms with Crippen molar-refractivity contribution in [3.8, 4) is 0 Å². The molecule has 50 heavy (non-hydrogen) atoms. The summed E-state index contributed by atoms with van der Waals surface area (Å²) < 4.78 is 54.9. The van der Waals surface area contributed by atoms with Crippen LogP contribution in [0.15, 0.2) is 0 Å². The Hall–Kier alpha value is 17.0. The van der Waals surface area contributed by atoms with Gasteiger partial charge in [-0.15, -0.1) is 0 Å². The Kier molecular flexibility index (Phi) is 97.4. The Morgan fingerprint density at radius 3 is 0.560 bits per heavy atom. The molecule has 0 N–H and O–H groups in total. The first-order valence-electron chi connectivity index (χ1n) is 12.2. The van der Waals surface area contributed by atoms with Crippen LogP contribution in [0.25, 0.3) is 0 Å². The van der Waals surface area contributed by atoms with Gasteiger partial charge < -0.3 is 71.8 Å². The van der Waals surface area contributed by atoms with Gasteiger partial charge >= 0.3 is 514 Å². The topological polar surface area (TPSA) is 326 Å². The van der Waals surface area contributed by atoms with Crippen LogP contribution >= 0.6 is 38.0 Å². The molecule has 0 saturated heterocycles. The molecule has 0 heterocycles. The van der Waals surface area contributed by atoms with Crippen LogP contribution in [0.2, 0.25) is 0 Å². The summed E-state index contributed by atoms with van der Waals surface area (Å²) >= 11 is 0. The van der Waals surface area contributed by atoms with Crippen LogP contribution in [0.3, 0.4) is 0 Å². The third-order valence-corrected chi connectivity index (χ3v) is 9.00. The molecule has 0 aromatic heterocycles. The Morgan fingerprint density at radius 1 is 0.260 bits per heavy atom. The second-order valence-corrected chi connectivity index (χ2v) is 17.0. The van der Waals surface area contributed by atoms with Crippen LogP contribution in [-0.4, -0.2) is 72.3 Å². The summed E-state index contributed by atoms with van der Waals surface area (Å²) in [6.07, 6.45) is -1.99. The first kappa shape index (κ1) is 93.1. The Labute approximate surface area is 722 Å². The average molecular weight is 1070 g/mol. The minimum atomic E-state index is -5.08. The number of nitrogens with zero attached hydrogens (tertiary/aromatic N) is 3. The molecule has 0 rings (SSSR count). The maximum atomic E-state index is 11.2. The molecule has 0 aliphatic rings. The molecule has 0 unspecified atom stereocenters. The number of hydrogen-bond acceptors (Lipinski definition) is 18. The second-order valence-electron chi connectivity index (χ2n) is 9.50. The fraction of sp³-hybridized carbons (Fsp3) is 1.00. The van der Waals surface area contributed by atoms with Crippen LogP contribution in [0.4, 0.5) is 0 Å². The molecular formula is C17H34K10N3O15P5. The summed E-state index contributed by atoms with van der Waals surface area (Å²) in [5, 5.41) is 0. The van der Waals surface area contributed by atoms with E-state index < -0.39 is 69.4 Å². The average Bonchev–Trinajstić information content (AvgIpc) is 2.66. The van der Waals surface area contributed by atoms with Crippen molar-refractivity contribution in [2.45, 2.75) is 51.4 Å². The van der Waals surface area contributed by atoms with E-state index in [9.17, 15) is 71.8 Å². The summed E-state index contributed by atoms with van der Waals surface area (Å²) in [5.74, 6) is 0. The van der Waals surface area contributed by atoms with Crippen LogP contribution in [0.5, 0.6) is 0 Å². The van der Waals surface area contributed by atoms with E-state index in [4.69, 9.17) is 0 Å². The van der Waals surface area contributed by atoms with E-state index in [1.165, 1.54) is 4.90 Å². The molecule has 0 radical (unpaired) electrons. The van der Waals surface area contributed by atoms with E-state index in [1.54, 1.807) is 0 Å². The number of unbranched alkanes of at least 4 members (excludes halogenated alkanes) is 6. The molecule has 0 amide bonds. The maximum Gasteiger partial charge on any atom is 1.00 e. The normalized spacial score (nSPS) is 11.3. The molecule has 0 bridgehead atoms. The fourth-order valence-corrected chi connectivity index (χ4v) is 7.91. The molecule has 18 nitrogen and oxygen atoms in total. The predicted molar refractivity (Wildman–Crippen MR) is 124 cm³/mol. The quantitative estimate of drug-likeness (QED) is 0.0492. The van der Waals surface area contributed by atoms with Gasteiger partial charge in [-0.2, -0.15) is 0 Å². The maximum absolute atomic E-state index is 11.2. The van der Waals surface area contributed by atoms with Gasteiger partial charge in [0.25, 0.3) is 0 Å². The minimum absolute atomic E-state index is 0. The summed E-state index contributed by atoms with van der Waals surface area (Å²) in [6, 6.07) is 0. The van der Waals surface area contributed by atoms with Gasteiger partial charge in [0.2, 0.25) is 0 Å². The first-order valence-corrected chi connectivity index (χ1v) is 20.8. The molecule has 242 valence electrons. The van der Waals surface area contributed by atoms with Crippen LogP contribution < -0.4 is 563 Å². The van der Waals surface area contributed by atoms with Crippen molar-refractivity contribution in [1.29, 1.82) is 0 Å². The molecule has 0 aromatic rings. The molecular weight excluding hydrogens is 1030 g/mol. The van der Waals surface area contributed by atoms with Crippen molar-refractivity contribution >= 4 is 38.0 Å². The van der Waals surface area contributed by atoms with Crippen molar-refractivity contribution in [3.05, 3.63) is 0 Å². The van der Waals surface area contributed by atoms with E-state index in [1.807, 2.05) is 0 Å². The van der Waals surface area contributed by atoms with E-state index in [-0.39, 0.29) is 553 Å². The minimum Gasteiger partial charge on any atom is -0.810 e. The second kappa shape index (κ2) is 52.3. The van der Waals surface area contributed by atoms with Gasteiger partial charge in [-0.1, -0.05) is 63.7 Å². The molecule has 33 heteroatoms. The SMILES string of the molecule is O=P([O-])([O-])CN(CCCCCCN(CP(=O)([O-])[O-])CP(=O)([O-])[O-])CCCCCCN(CP(=O)([O-])[O-])CP(=O)([O-])[O-].[K+].[K+].[K+].[K+].[K+].[K+].[K+].[K+].[K+].[K+]. The third kappa shape index (κ3) is 73.9. The zero-order valence-corrected chi connectivity index (χ0v) is 67.4. The van der Waals surface area contributed by atoms with Gasteiger partial charge in [-0.05, 0) is 51.9 Å². The molecule has 0 aliphatic carbocycles. The monoisotopic (exact) mass is 1060 g/mol. The summed E-state index contributed by atoms with van der Waals surface area (Å²) in [5.41, 5.74) is 0. The van der Waals surface area contributed by atoms with Crippen LogP contribution in [0, 0.1) is 0 Å². The number of hydrogen-bond donors (Lipinski definition) is 0. The first-order chi connectivity index (χ1) is 17.9. The van der Waals surface area contributed by atoms with Crippen molar-refractivity contribution < 1.29 is 586 Å². The molecule has 0 fully saturated rings. The Morgan fingerprint density at radius 2 is 0.400 bits per heavy atom. The predicted octanol–water partition coefficient (Wildman–Crippen LogP) is -35.6. The third-order valence-electron chi connectivity index (χ3n) is 5.26. The number of rotatable bonds is 24. The van der Waals surface area contributed by atoms with Crippen molar-refractivity contribution in [2.24, 2.45) is 0 Å². The Bertz CT molecular complexity index is 882. The fourth-order valence-electron chi connectivity index (χ4n) is 3.90. The summed E-state index contributed by atoms with van der Waals surface area (Å²) in [6.45, 7) is 0.151. The van der Waals surface area contributed by atoms with Crippen molar-refractivity contribution in [2.75, 3.05) is 57.6 Å². The van der Waals surface area contributed by atoms with E-state index in [2.05, 4.69) is 0 Å². The molecule has 0 saturated carbocycles. The van der Waals surface area contributed by atoms with Crippen molar-refractivity contribution in [3.63, 3.8) is 0 Å². The van der Waals surface area contributed by atoms with Gasteiger partial charge in [0.15, 0.2) is 0 Å². The zero-order chi connectivity index (χ0) is 31.3. The molecule has 0 atom stereocenters. The van der Waals surface area contributed by atoms with E-state index in [0.29, 0.717) is 38.5 Å². The van der Waals surface area contributed by atoms with E-state index in [0.717, 1.165) is 9.80 Å². The Balaban J connectivity index is -0.000000169. The smallest absolute Gasteiger partial charge is 0.810 e.